The van der Waals surface area contributed by atoms with Crippen LogP contribution in [0.5, 0.6) is 0 Å². The van der Waals surface area contributed by atoms with E-state index in [1.165, 1.54) is 49.9 Å². The first-order valence-electron chi connectivity index (χ1n) is 6.33. The number of aryl methyl sites for hydroxylation is 2. The smallest absolute Gasteiger partial charge is 0.139 e. The summed E-state index contributed by atoms with van der Waals surface area (Å²) >= 11 is 0. The first-order valence-corrected chi connectivity index (χ1v) is 6.33. The molecule has 2 aliphatic heterocycles. The molecule has 0 radical (unpaired) electrons. The van der Waals surface area contributed by atoms with Gasteiger partial charge in [-0.05, 0) is 30.5 Å². The van der Waals surface area contributed by atoms with Crippen LogP contribution < -0.4 is 4.48 Å². The molecule has 0 saturated carbocycles. The molecule has 0 amide bonds. The second-order valence-electron chi connectivity index (χ2n) is 5.47. The fraction of sp³-hybridized carbons (Fsp3) is 0.571. The Morgan fingerprint density at radius 3 is 2.19 bits per heavy atom. The third-order valence-electron chi connectivity index (χ3n) is 4.25. The van der Waals surface area contributed by atoms with E-state index in [1.54, 1.807) is 5.69 Å². The summed E-state index contributed by atoms with van der Waals surface area (Å²) in [5.74, 6) is 0. The van der Waals surface area contributed by atoms with Gasteiger partial charge < -0.3 is 5.11 Å². The van der Waals surface area contributed by atoms with Crippen molar-refractivity contribution in [1.82, 2.24) is 4.48 Å². The zero-order valence-electron chi connectivity index (χ0n) is 10.00. The second-order valence-corrected chi connectivity index (χ2v) is 5.47. The van der Waals surface area contributed by atoms with Crippen LogP contribution >= 0.6 is 0 Å². The van der Waals surface area contributed by atoms with E-state index in [2.05, 4.69) is 19.2 Å². The molecule has 1 N–H and O–H groups in total. The zero-order valence-corrected chi connectivity index (χ0v) is 10.00. The molecule has 0 spiro atoms. The lowest BCUT2D eigenvalue weighted by molar-refractivity contribution is 0.276. The van der Waals surface area contributed by atoms with E-state index in [9.17, 15) is 5.11 Å². The lowest BCUT2D eigenvalue weighted by Crippen LogP contribution is -2.52. The van der Waals surface area contributed by atoms with Gasteiger partial charge in [-0.15, -0.1) is 0 Å². The molecule has 2 heteroatoms. The molecule has 0 aromatic heterocycles. The van der Waals surface area contributed by atoms with Crippen molar-refractivity contribution < 1.29 is 5.11 Å². The minimum absolute atomic E-state index is 0.185. The molecular weight excluding hydrogens is 198 g/mol. The number of rotatable bonds is 1. The predicted molar refractivity (Wildman–Crippen MR) is 66.5 cm³/mol. The number of aliphatic hydroxyl groups excluding tert-OH is 1. The third kappa shape index (κ3) is 1.40. The SMILES string of the molecule is C[N+]12CCCc3cc(CO)cc(c31)CCC2. The highest BCUT2D eigenvalue weighted by Gasteiger charge is 2.36. The standard InChI is InChI=1S/C14H20NO/c1-15-6-2-4-12-8-11(10-16)9-13(14(12)15)5-3-7-15/h8-9,16H,2-7,10H2,1H3/q+1. The minimum atomic E-state index is 0.185. The van der Waals surface area contributed by atoms with Crippen LogP contribution in [0.25, 0.3) is 0 Å². The highest BCUT2D eigenvalue weighted by atomic mass is 16.3. The molecule has 0 atom stereocenters. The molecule has 1 aromatic rings. The van der Waals surface area contributed by atoms with Crippen LogP contribution in [0, 0.1) is 0 Å². The van der Waals surface area contributed by atoms with Crippen molar-refractivity contribution in [3.05, 3.63) is 28.8 Å². The average Bonchev–Trinajstić information content (AvgIpc) is 2.28. The van der Waals surface area contributed by atoms with Gasteiger partial charge in [-0.25, -0.2) is 0 Å². The largest absolute Gasteiger partial charge is 0.392 e. The van der Waals surface area contributed by atoms with Gasteiger partial charge in [0.25, 0.3) is 0 Å². The third-order valence-corrected chi connectivity index (χ3v) is 4.25. The summed E-state index contributed by atoms with van der Waals surface area (Å²) in [5, 5.41) is 9.30. The van der Waals surface area contributed by atoms with Crippen LogP contribution in [-0.4, -0.2) is 25.2 Å². The van der Waals surface area contributed by atoms with Gasteiger partial charge in [-0.3, -0.25) is 4.48 Å². The molecule has 2 heterocycles. The molecule has 2 aliphatic rings. The molecule has 1 aromatic carbocycles. The molecule has 0 bridgehead atoms. The van der Waals surface area contributed by atoms with Gasteiger partial charge in [-0.1, -0.05) is 0 Å². The minimum Gasteiger partial charge on any atom is -0.392 e. The van der Waals surface area contributed by atoms with Crippen molar-refractivity contribution >= 4 is 5.69 Å². The Bertz CT molecular complexity index is 394. The number of nitrogens with zero attached hydrogens (tertiary/aromatic N) is 1. The Labute approximate surface area is 97.1 Å². The van der Waals surface area contributed by atoms with Crippen LogP contribution in [0.1, 0.15) is 29.5 Å². The van der Waals surface area contributed by atoms with Crippen LogP contribution in [0.15, 0.2) is 12.1 Å². The lowest BCUT2D eigenvalue weighted by atomic mass is 9.88. The van der Waals surface area contributed by atoms with Gasteiger partial charge >= 0.3 is 0 Å². The maximum Gasteiger partial charge on any atom is 0.139 e. The van der Waals surface area contributed by atoms with E-state index in [1.807, 2.05) is 0 Å². The van der Waals surface area contributed by atoms with Gasteiger partial charge in [0.15, 0.2) is 0 Å². The maximum absolute atomic E-state index is 9.30. The molecule has 0 aliphatic carbocycles. The van der Waals surface area contributed by atoms with Crippen molar-refractivity contribution in [2.45, 2.75) is 32.3 Å². The number of quaternary nitrogens is 1. The van der Waals surface area contributed by atoms with Gasteiger partial charge in [-0.2, -0.15) is 0 Å². The molecule has 0 unspecified atom stereocenters. The first kappa shape index (κ1) is 10.3. The Balaban J connectivity index is 2.21. The molecule has 16 heavy (non-hydrogen) atoms. The highest BCUT2D eigenvalue weighted by molar-refractivity contribution is 5.61. The van der Waals surface area contributed by atoms with E-state index in [0.717, 1.165) is 10.0 Å². The summed E-state index contributed by atoms with van der Waals surface area (Å²) in [6.45, 7) is 2.76. The maximum atomic E-state index is 9.30. The van der Waals surface area contributed by atoms with E-state index in [4.69, 9.17) is 0 Å². The van der Waals surface area contributed by atoms with E-state index in [-0.39, 0.29) is 6.61 Å². The Morgan fingerprint density at radius 2 is 1.69 bits per heavy atom. The van der Waals surface area contributed by atoms with Crippen LogP contribution in [0.2, 0.25) is 0 Å². The highest BCUT2D eigenvalue weighted by Crippen LogP contribution is 2.40. The molecule has 86 valence electrons. The van der Waals surface area contributed by atoms with Crippen molar-refractivity contribution in [3.8, 4) is 0 Å². The van der Waals surface area contributed by atoms with Crippen LogP contribution in [0.4, 0.5) is 5.69 Å². The average molecular weight is 218 g/mol. The topological polar surface area (TPSA) is 20.2 Å². The fourth-order valence-electron chi connectivity index (χ4n) is 3.57. The molecular formula is C14H20NO+. The van der Waals surface area contributed by atoms with E-state index < -0.39 is 0 Å². The number of benzene rings is 1. The Hall–Kier alpha value is -0.860. The summed E-state index contributed by atoms with van der Waals surface area (Å²) in [6.07, 6.45) is 4.98. The van der Waals surface area contributed by atoms with Gasteiger partial charge in [0.05, 0.1) is 26.7 Å². The van der Waals surface area contributed by atoms with Gasteiger partial charge in [0.1, 0.15) is 5.69 Å². The summed E-state index contributed by atoms with van der Waals surface area (Å²) in [7, 11) is 2.37. The normalized spacial score (nSPS) is 21.6. The van der Waals surface area contributed by atoms with Crippen LogP contribution in [-0.2, 0) is 19.4 Å². The van der Waals surface area contributed by atoms with Crippen molar-refractivity contribution in [3.63, 3.8) is 0 Å². The fourth-order valence-corrected chi connectivity index (χ4v) is 3.57. The van der Waals surface area contributed by atoms with E-state index in [0.29, 0.717) is 0 Å². The van der Waals surface area contributed by atoms with Crippen molar-refractivity contribution in [1.29, 1.82) is 0 Å². The quantitative estimate of drug-likeness (QED) is 0.715. The number of hydrogen-bond donors (Lipinski definition) is 1. The molecule has 2 nitrogen and oxygen atoms in total. The summed E-state index contributed by atoms with van der Waals surface area (Å²) in [4.78, 5) is 0. The van der Waals surface area contributed by atoms with Crippen molar-refractivity contribution in [2.24, 2.45) is 0 Å². The number of aliphatic hydroxyl groups is 1. The van der Waals surface area contributed by atoms with Crippen LogP contribution in [0.3, 0.4) is 0 Å². The van der Waals surface area contributed by atoms with Gasteiger partial charge in [0, 0.05) is 24.0 Å². The summed E-state index contributed by atoms with van der Waals surface area (Å²) in [5.41, 5.74) is 5.67. The Kier molecular flexibility index (Phi) is 2.30. The Morgan fingerprint density at radius 1 is 1.12 bits per heavy atom. The lowest BCUT2D eigenvalue weighted by Gasteiger charge is -2.43. The summed E-state index contributed by atoms with van der Waals surface area (Å²) in [6, 6.07) is 4.44. The van der Waals surface area contributed by atoms with Gasteiger partial charge in [0.2, 0.25) is 0 Å². The molecule has 0 fully saturated rings. The van der Waals surface area contributed by atoms with Crippen molar-refractivity contribution in [2.75, 3.05) is 20.1 Å². The zero-order chi connectivity index (χ0) is 11.2. The monoisotopic (exact) mass is 218 g/mol. The summed E-state index contributed by atoms with van der Waals surface area (Å²) < 4.78 is 1.14. The predicted octanol–water partition coefficient (Wildman–Crippen LogP) is 2.01. The molecule has 0 saturated heterocycles. The molecule has 3 rings (SSSR count). The number of hydrogen-bond acceptors (Lipinski definition) is 1. The van der Waals surface area contributed by atoms with E-state index >= 15 is 0 Å². The first-order chi connectivity index (χ1) is 7.73. The second kappa shape index (κ2) is 3.57.